The van der Waals surface area contributed by atoms with Crippen LogP contribution in [0.3, 0.4) is 0 Å². The van der Waals surface area contributed by atoms with Gasteiger partial charge in [0, 0.05) is 51.3 Å². The van der Waals surface area contributed by atoms with Crippen LogP contribution in [0.2, 0.25) is 0 Å². The number of benzene rings is 1. The maximum Gasteiger partial charge on any atom is 0.273 e. The van der Waals surface area contributed by atoms with E-state index < -0.39 is 0 Å². The topological polar surface area (TPSA) is 81.7 Å². The van der Waals surface area contributed by atoms with Gasteiger partial charge >= 0.3 is 0 Å². The van der Waals surface area contributed by atoms with Crippen molar-refractivity contribution in [3.63, 3.8) is 0 Å². The Morgan fingerprint density at radius 2 is 1.71 bits per heavy atom. The summed E-state index contributed by atoms with van der Waals surface area (Å²) in [6.45, 7) is 13.9. The summed E-state index contributed by atoms with van der Waals surface area (Å²) in [5.41, 5.74) is 3.98. The summed E-state index contributed by atoms with van der Waals surface area (Å²) in [5.74, 6) is 1.87. The Hall–Kier alpha value is -3.16. The van der Waals surface area contributed by atoms with Crippen molar-refractivity contribution in [2.75, 3.05) is 42.9 Å². The number of anilines is 2. The molecule has 2 aliphatic heterocycles. The Labute approximate surface area is 202 Å². The third-order valence-corrected chi connectivity index (χ3v) is 6.77. The zero-order valence-electron chi connectivity index (χ0n) is 21.0. The van der Waals surface area contributed by atoms with Crippen LogP contribution < -0.4 is 10.2 Å². The second kappa shape index (κ2) is 9.99. The van der Waals surface area contributed by atoms with E-state index >= 15 is 0 Å². The second-order valence-corrected chi connectivity index (χ2v) is 9.79. The highest BCUT2D eigenvalue weighted by atomic mass is 16.2. The van der Waals surface area contributed by atoms with Gasteiger partial charge in [-0.1, -0.05) is 38.1 Å². The monoisotopic (exact) mass is 464 g/mol. The van der Waals surface area contributed by atoms with Crippen LogP contribution in [-0.4, -0.2) is 70.3 Å². The zero-order chi connectivity index (χ0) is 24.4. The minimum Gasteiger partial charge on any atom is -0.369 e. The third kappa shape index (κ3) is 5.00. The van der Waals surface area contributed by atoms with Crippen molar-refractivity contribution in [2.45, 2.75) is 59.5 Å². The van der Waals surface area contributed by atoms with Crippen molar-refractivity contribution in [3.05, 3.63) is 46.6 Å². The van der Waals surface area contributed by atoms with Crippen molar-refractivity contribution in [2.24, 2.45) is 0 Å². The summed E-state index contributed by atoms with van der Waals surface area (Å²) in [6, 6.07) is 8.86. The molecule has 3 heterocycles. The fourth-order valence-corrected chi connectivity index (χ4v) is 4.50. The molecule has 0 spiro atoms. The van der Waals surface area contributed by atoms with Gasteiger partial charge in [-0.05, 0) is 37.3 Å². The van der Waals surface area contributed by atoms with E-state index in [0.717, 1.165) is 24.3 Å². The largest absolute Gasteiger partial charge is 0.369 e. The smallest absolute Gasteiger partial charge is 0.273 e. The molecule has 8 heteroatoms. The zero-order valence-corrected chi connectivity index (χ0v) is 21.0. The average Bonchev–Trinajstić information content (AvgIpc) is 3.16. The summed E-state index contributed by atoms with van der Waals surface area (Å²) in [6.07, 6.45) is 0.867. The van der Waals surface area contributed by atoms with Crippen LogP contribution in [0.5, 0.6) is 0 Å². The van der Waals surface area contributed by atoms with Crippen LogP contribution in [0.1, 0.15) is 67.7 Å². The van der Waals surface area contributed by atoms with Gasteiger partial charge < -0.3 is 20.0 Å². The van der Waals surface area contributed by atoms with Crippen LogP contribution >= 0.6 is 0 Å². The summed E-state index contributed by atoms with van der Waals surface area (Å²) < 4.78 is 0. The molecule has 4 rings (SSSR count). The van der Waals surface area contributed by atoms with Crippen LogP contribution in [0.25, 0.3) is 0 Å². The van der Waals surface area contributed by atoms with E-state index in [1.165, 1.54) is 11.1 Å². The quantitative estimate of drug-likeness (QED) is 0.677. The van der Waals surface area contributed by atoms with Gasteiger partial charge in [-0.2, -0.15) is 4.98 Å². The molecule has 1 aromatic carbocycles. The molecule has 1 saturated heterocycles. The molecule has 182 valence electrons. The number of amides is 2. The van der Waals surface area contributed by atoms with Gasteiger partial charge in [-0.15, -0.1) is 0 Å². The third-order valence-electron chi connectivity index (χ3n) is 6.77. The first kappa shape index (κ1) is 24.0. The van der Waals surface area contributed by atoms with E-state index in [0.29, 0.717) is 50.3 Å². The van der Waals surface area contributed by atoms with E-state index in [1.54, 1.807) is 6.92 Å². The molecule has 1 fully saturated rings. The molecule has 0 aliphatic carbocycles. The van der Waals surface area contributed by atoms with E-state index in [4.69, 9.17) is 9.97 Å². The number of carbonyl (C=O) groups excluding carboxylic acids is 2. The Morgan fingerprint density at radius 1 is 1.03 bits per heavy atom. The standard InChI is InChI=1S/C26H36N6O2/c1-17(2)21-8-6-20(7-9-21)10-11-27-24-22-16-32(18(3)4)25(34)23(22)28-26(29-24)31-14-12-30(13-15-31)19(5)33/h6-9,17-18H,10-16H2,1-5H3,(H,27,28,29). The molecule has 0 saturated carbocycles. The number of rotatable bonds is 7. The highest BCUT2D eigenvalue weighted by Crippen LogP contribution is 2.30. The fraction of sp³-hybridized carbons (Fsp3) is 0.538. The van der Waals surface area contributed by atoms with Gasteiger partial charge in [0.1, 0.15) is 11.5 Å². The van der Waals surface area contributed by atoms with E-state index in [9.17, 15) is 9.59 Å². The van der Waals surface area contributed by atoms with E-state index in [1.807, 2.05) is 23.6 Å². The summed E-state index contributed by atoms with van der Waals surface area (Å²) >= 11 is 0. The number of fused-ring (bicyclic) bond motifs is 1. The lowest BCUT2D eigenvalue weighted by Gasteiger charge is -2.34. The van der Waals surface area contributed by atoms with Gasteiger partial charge in [0.2, 0.25) is 11.9 Å². The Morgan fingerprint density at radius 3 is 2.29 bits per heavy atom. The maximum absolute atomic E-state index is 13.1. The molecule has 34 heavy (non-hydrogen) atoms. The number of nitrogens with one attached hydrogen (secondary N) is 1. The van der Waals surface area contributed by atoms with E-state index in [-0.39, 0.29) is 17.9 Å². The normalized spacial score (nSPS) is 16.0. The molecular formula is C26H36N6O2. The molecule has 0 bridgehead atoms. The molecule has 0 radical (unpaired) electrons. The van der Waals surface area contributed by atoms with Crippen LogP contribution in [-0.2, 0) is 17.8 Å². The van der Waals surface area contributed by atoms with Crippen LogP contribution in [0.15, 0.2) is 24.3 Å². The minimum atomic E-state index is -0.0386. The lowest BCUT2D eigenvalue weighted by molar-refractivity contribution is -0.129. The van der Waals surface area contributed by atoms with Crippen molar-refractivity contribution >= 4 is 23.6 Å². The molecule has 1 aromatic heterocycles. The molecule has 0 unspecified atom stereocenters. The second-order valence-electron chi connectivity index (χ2n) is 9.79. The lowest BCUT2D eigenvalue weighted by Crippen LogP contribution is -2.48. The number of piperazine rings is 1. The summed E-state index contributed by atoms with van der Waals surface area (Å²) in [4.78, 5) is 40.1. The van der Waals surface area contributed by atoms with E-state index in [2.05, 4.69) is 48.3 Å². The maximum atomic E-state index is 13.1. The SMILES string of the molecule is CC(=O)N1CCN(c2nc(NCCc3ccc(C(C)C)cc3)c3c(n2)C(=O)N(C(C)C)C3)CC1. The van der Waals surface area contributed by atoms with Crippen molar-refractivity contribution in [3.8, 4) is 0 Å². The van der Waals surface area contributed by atoms with Gasteiger partial charge in [-0.3, -0.25) is 9.59 Å². The van der Waals surface area contributed by atoms with Gasteiger partial charge in [0.25, 0.3) is 5.91 Å². The molecule has 0 atom stereocenters. The van der Waals surface area contributed by atoms with Crippen molar-refractivity contribution in [1.82, 2.24) is 19.8 Å². The number of carbonyl (C=O) groups is 2. The highest BCUT2D eigenvalue weighted by molar-refractivity contribution is 5.98. The fourth-order valence-electron chi connectivity index (χ4n) is 4.50. The molecule has 2 aromatic rings. The number of hydrogen-bond acceptors (Lipinski definition) is 6. The van der Waals surface area contributed by atoms with Gasteiger partial charge in [0.15, 0.2) is 0 Å². The first-order valence-electron chi connectivity index (χ1n) is 12.3. The van der Waals surface area contributed by atoms with Crippen molar-refractivity contribution in [1.29, 1.82) is 0 Å². The predicted molar refractivity (Wildman–Crippen MR) is 134 cm³/mol. The average molecular weight is 465 g/mol. The summed E-state index contributed by atoms with van der Waals surface area (Å²) in [7, 11) is 0. The molecule has 1 N–H and O–H groups in total. The summed E-state index contributed by atoms with van der Waals surface area (Å²) in [5, 5.41) is 3.50. The van der Waals surface area contributed by atoms with Crippen molar-refractivity contribution < 1.29 is 9.59 Å². The minimum absolute atomic E-state index is 0.0386. The number of hydrogen-bond donors (Lipinski definition) is 1. The number of nitrogens with zero attached hydrogens (tertiary/aromatic N) is 5. The predicted octanol–water partition coefficient (Wildman–Crippen LogP) is 3.29. The molecule has 2 amide bonds. The molecule has 2 aliphatic rings. The highest BCUT2D eigenvalue weighted by Gasteiger charge is 2.35. The number of aromatic nitrogens is 2. The first-order chi connectivity index (χ1) is 16.2. The van der Waals surface area contributed by atoms with Crippen LogP contribution in [0.4, 0.5) is 11.8 Å². The first-order valence-corrected chi connectivity index (χ1v) is 12.3. The van der Waals surface area contributed by atoms with Crippen LogP contribution in [0, 0.1) is 0 Å². The Balaban J connectivity index is 1.53. The Kier molecular flexibility index (Phi) is 7.05. The Bertz CT molecular complexity index is 1040. The van der Waals surface area contributed by atoms with Gasteiger partial charge in [-0.25, -0.2) is 4.98 Å². The molecular weight excluding hydrogens is 428 g/mol. The van der Waals surface area contributed by atoms with Gasteiger partial charge in [0.05, 0.1) is 6.54 Å². The molecule has 8 nitrogen and oxygen atoms in total. The lowest BCUT2D eigenvalue weighted by atomic mass is 10.0.